The predicted molar refractivity (Wildman–Crippen MR) is 120 cm³/mol. The van der Waals surface area contributed by atoms with Crippen LogP contribution in [0.4, 0.5) is 13.2 Å². The summed E-state index contributed by atoms with van der Waals surface area (Å²) in [6.45, 7) is 1.07. The van der Waals surface area contributed by atoms with E-state index in [0.717, 1.165) is 0 Å². The van der Waals surface area contributed by atoms with Crippen molar-refractivity contribution < 1.29 is 31.1 Å². The van der Waals surface area contributed by atoms with E-state index >= 15 is 0 Å². The Balaban J connectivity index is 1.46. The van der Waals surface area contributed by atoms with Crippen LogP contribution < -0.4 is 9.46 Å². The first kappa shape index (κ1) is 25.0. The van der Waals surface area contributed by atoms with Gasteiger partial charge in [0.2, 0.25) is 5.88 Å². The lowest BCUT2D eigenvalue weighted by Crippen LogP contribution is -2.48. The molecule has 0 spiro atoms. The van der Waals surface area contributed by atoms with Gasteiger partial charge in [0.15, 0.2) is 5.82 Å². The number of aryl methyl sites for hydroxylation is 1. The second-order valence-corrected chi connectivity index (χ2v) is 10.2. The summed E-state index contributed by atoms with van der Waals surface area (Å²) >= 11 is 6.12. The van der Waals surface area contributed by atoms with Crippen molar-refractivity contribution >= 4 is 27.5 Å². The van der Waals surface area contributed by atoms with Gasteiger partial charge in [-0.05, 0) is 43.5 Å². The maximum Gasteiger partial charge on any atom is 0.397 e. The van der Waals surface area contributed by atoms with Gasteiger partial charge < -0.3 is 4.74 Å². The van der Waals surface area contributed by atoms with Crippen molar-refractivity contribution in [2.75, 3.05) is 6.61 Å². The summed E-state index contributed by atoms with van der Waals surface area (Å²) in [6, 6.07) is 10.2. The number of halogens is 4. The minimum Gasteiger partial charge on any atom is -0.476 e. The molecule has 0 saturated heterocycles. The van der Waals surface area contributed by atoms with Crippen LogP contribution in [0.1, 0.15) is 35.2 Å². The van der Waals surface area contributed by atoms with Crippen LogP contribution in [-0.2, 0) is 10.0 Å². The lowest BCUT2D eigenvalue weighted by molar-refractivity contribution is -0.259. The first-order valence-corrected chi connectivity index (χ1v) is 12.3. The SMILES string of the molecule is Cc1ccccc1S(=O)(=O)NC(=O)c1ccc(-n2ccc(OCC3(C(F)(F)F)CCC3)n2)nc1Cl. The molecular formula is C22H20ClF3N4O4S. The van der Waals surface area contributed by atoms with Gasteiger partial charge >= 0.3 is 6.18 Å². The molecular weight excluding hydrogens is 509 g/mol. The van der Waals surface area contributed by atoms with Gasteiger partial charge in [0.1, 0.15) is 17.2 Å². The lowest BCUT2D eigenvalue weighted by atomic mass is 9.69. The molecule has 1 saturated carbocycles. The van der Waals surface area contributed by atoms with Gasteiger partial charge in [-0.2, -0.15) is 13.2 Å². The number of rotatable bonds is 7. The van der Waals surface area contributed by atoms with E-state index in [0.29, 0.717) is 12.0 Å². The minimum absolute atomic E-state index is 0.0114. The number of pyridine rings is 1. The van der Waals surface area contributed by atoms with E-state index in [1.807, 2.05) is 4.72 Å². The van der Waals surface area contributed by atoms with E-state index in [2.05, 4.69) is 10.1 Å². The molecule has 0 aliphatic heterocycles. The Labute approximate surface area is 204 Å². The molecule has 1 fully saturated rings. The highest BCUT2D eigenvalue weighted by Crippen LogP contribution is 2.53. The van der Waals surface area contributed by atoms with Crippen LogP contribution in [0.5, 0.6) is 5.88 Å². The number of carbonyl (C=O) groups is 1. The smallest absolute Gasteiger partial charge is 0.397 e. The predicted octanol–water partition coefficient (Wildman–Crippen LogP) is 4.46. The average Bonchev–Trinajstić information content (AvgIpc) is 3.20. The number of nitrogens with zero attached hydrogens (tertiary/aromatic N) is 3. The molecule has 0 unspecified atom stereocenters. The minimum atomic E-state index is -4.36. The second-order valence-electron chi connectivity index (χ2n) is 8.23. The molecule has 13 heteroatoms. The van der Waals surface area contributed by atoms with Gasteiger partial charge in [-0.15, -0.1) is 5.10 Å². The molecule has 35 heavy (non-hydrogen) atoms. The van der Waals surface area contributed by atoms with E-state index in [4.69, 9.17) is 16.3 Å². The van der Waals surface area contributed by atoms with Crippen molar-refractivity contribution in [2.24, 2.45) is 5.41 Å². The van der Waals surface area contributed by atoms with Crippen LogP contribution in [0, 0.1) is 12.3 Å². The normalized spacial score (nSPS) is 15.3. The fourth-order valence-electron chi connectivity index (χ4n) is 3.65. The average molecular weight is 529 g/mol. The number of hydrogen-bond acceptors (Lipinski definition) is 6. The van der Waals surface area contributed by atoms with Crippen LogP contribution in [0.25, 0.3) is 5.82 Å². The van der Waals surface area contributed by atoms with Crippen molar-refractivity contribution in [1.82, 2.24) is 19.5 Å². The van der Waals surface area contributed by atoms with Gasteiger partial charge in [0.25, 0.3) is 15.9 Å². The van der Waals surface area contributed by atoms with Crippen LogP contribution in [0.3, 0.4) is 0 Å². The lowest BCUT2D eigenvalue weighted by Gasteiger charge is -2.42. The maximum absolute atomic E-state index is 13.3. The maximum atomic E-state index is 13.3. The highest BCUT2D eigenvalue weighted by atomic mass is 35.5. The molecule has 0 bridgehead atoms. The van der Waals surface area contributed by atoms with E-state index in [-0.39, 0.29) is 40.2 Å². The van der Waals surface area contributed by atoms with Gasteiger partial charge in [-0.3, -0.25) is 4.79 Å². The number of nitrogens with one attached hydrogen (secondary N) is 1. The summed E-state index contributed by atoms with van der Waals surface area (Å²) in [6.07, 6.45) is -2.43. The molecule has 1 N–H and O–H groups in total. The Morgan fingerprint density at radius 1 is 1.20 bits per heavy atom. The third-order valence-corrected chi connectivity index (χ3v) is 7.68. The molecule has 0 radical (unpaired) electrons. The van der Waals surface area contributed by atoms with Gasteiger partial charge in [0.05, 0.1) is 10.5 Å². The molecule has 2 heterocycles. The monoisotopic (exact) mass is 528 g/mol. The Morgan fingerprint density at radius 2 is 1.91 bits per heavy atom. The summed E-state index contributed by atoms with van der Waals surface area (Å²) in [4.78, 5) is 16.6. The van der Waals surface area contributed by atoms with Crippen molar-refractivity contribution in [3.8, 4) is 11.7 Å². The Morgan fingerprint density at radius 3 is 2.51 bits per heavy atom. The quantitative estimate of drug-likeness (QED) is 0.454. The zero-order chi connectivity index (χ0) is 25.4. The number of carbonyl (C=O) groups excluding carboxylic acids is 1. The zero-order valence-electron chi connectivity index (χ0n) is 18.3. The molecule has 186 valence electrons. The molecule has 8 nitrogen and oxygen atoms in total. The second kappa shape index (κ2) is 9.15. The van der Waals surface area contributed by atoms with Crippen molar-refractivity contribution in [2.45, 2.75) is 37.3 Å². The fraction of sp³-hybridized carbons (Fsp3) is 0.318. The van der Waals surface area contributed by atoms with E-state index in [1.165, 1.54) is 41.2 Å². The van der Waals surface area contributed by atoms with Crippen molar-refractivity contribution in [1.29, 1.82) is 0 Å². The molecule has 1 aromatic carbocycles. The first-order valence-electron chi connectivity index (χ1n) is 10.5. The third kappa shape index (κ3) is 4.98. The van der Waals surface area contributed by atoms with Crippen LogP contribution in [0.2, 0.25) is 5.15 Å². The van der Waals surface area contributed by atoms with Gasteiger partial charge in [0, 0.05) is 12.3 Å². The van der Waals surface area contributed by atoms with Crippen LogP contribution in [-0.4, -0.2) is 41.9 Å². The molecule has 2 aromatic heterocycles. The molecule has 1 aliphatic carbocycles. The largest absolute Gasteiger partial charge is 0.476 e. The number of sulfonamides is 1. The summed E-state index contributed by atoms with van der Waals surface area (Å²) in [7, 11) is -4.14. The number of hydrogen-bond donors (Lipinski definition) is 1. The van der Waals surface area contributed by atoms with E-state index in [9.17, 15) is 26.4 Å². The third-order valence-electron chi connectivity index (χ3n) is 5.90. The number of ether oxygens (including phenoxy) is 1. The Hall–Kier alpha value is -3.12. The molecule has 1 amide bonds. The summed E-state index contributed by atoms with van der Waals surface area (Å²) in [5.74, 6) is -0.846. The summed E-state index contributed by atoms with van der Waals surface area (Å²) < 4.78 is 73.5. The van der Waals surface area contributed by atoms with Crippen molar-refractivity contribution in [3.63, 3.8) is 0 Å². The summed E-state index contributed by atoms with van der Waals surface area (Å²) in [5, 5.41) is 3.77. The highest BCUT2D eigenvalue weighted by Gasteiger charge is 2.58. The van der Waals surface area contributed by atoms with Gasteiger partial charge in [-0.25, -0.2) is 22.8 Å². The molecule has 4 rings (SSSR count). The fourth-order valence-corrected chi connectivity index (χ4v) is 5.10. The van der Waals surface area contributed by atoms with E-state index in [1.54, 1.807) is 19.1 Å². The van der Waals surface area contributed by atoms with Crippen molar-refractivity contribution in [3.05, 3.63) is 64.9 Å². The number of alkyl halides is 3. The zero-order valence-corrected chi connectivity index (χ0v) is 19.9. The van der Waals surface area contributed by atoms with E-state index < -0.39 is 34.1 Å². The topological polar surface area (TPSA) is 103 Å². The van der Waals surface area contributed by atoms with Crippen LogP contribution in [0.15, 0.2) is 53.6 Å². The van der Waals surface area contributed by atoms with Gasteiger partial charge in [-0.1, -0.05) is 36.2 Å². The number of amides is 1. The number of aromatic nitrogens is 3. The summed E-state index contributed by atoms with van der Waals surface area (Å²) in [5.41, 5.74) is -1.58. The molecule has 1 aliphatic rings. The highest BCUT2D eigenvalue weighted by molar-refractivity contribution is 7.90. The Bertz CT molecular complexity index is 1370. The number of benzene rings is 1. The first-order chi connectivity index (χ1) is 16.4. The molecule has 0 atom stereocenters. The molecule has 3 aromatic rings. The standard InChI is InChI=1S/C22H20ClF3N4O4S/c1-14-5-2-3-6-16(14)35(32,33)29-20(31)15-7-8-17(27-19(15)23)30-12-9-18(28-30)34-13-21(10-4-11-21)22(24,25)26/h2-3,5-9,12H,4,10-11,13H2,1H3,(H,29,31). The van der Waals surface area contributed by atoms with Crippen LogP contribution >= 0.6 is 11.6 Å². The Kier molecular flexibility index (Phi) is 6.54.